The number of thioether (sulfide) groups is 1. The second-order valence-corrected chi connectivity index (χ2v) is 6.55. The van der Waals surface area contributed by atoms with E-state index in [2.05, 4.69) is 5.32 Å². The number of hydrogen-bond donors (Lipinski definition) is 2. The van der Waals surface area contributed by atoms with Crippen LogP contribution in [0.2, 0.25) is 5.02 Å². The van der Waals surface area contributed by atoms with Crippen LogP contribution in [-0.2, 0) is 4.79 Å². The molecule has 2 aromatic carbocycles. The molecule has 0 heterocycles. The Labute approximate surface area is 143 Å². The van der Waals surface area contributed by atoms with Crippen LogP contribution < -0.4 is 5.32 Å². The molecule has 2 aromatic rings. The molecule has 2 rings (SSSR count). The average Bonchev–Trinajstić information content (AvgIpc) is 2.54. The van der Waals surface area contributed by atoms with Gasteiger partial charge >= 0.3 is 5.97 Å². The van der Waals surface area contributed by atoms with E-state index in [1.807, 2.05) is 19.1 Å². The highest BCUT2D eigenvalue weighted by molar-refractivity contribution is 8.00. The van der Waals surface area contributed by atoms with E-state index >= 15 is 0 Å². The molecule has 0 radical (unpaired) electrons. The predicted octanol–water partition coefficient (Wildman–Crippen LogP) is 4.55. The smallest absolute Gasteiger partial charge is 0.335 e. The third-order valence-corrected chi connectivity index (χ3v) is 4.78. The van der Waals surface area contributed by atoms with Crippen LogP contribution in [0.1, 0.15) is 23.7 Å². The maximum atomic E-state index is 12.4. The van der Waals surface area contributed by atoms with Gasteiger partial charge in [-0.25, -0.2) is 4.79 Å². The summed E-state index contributed by atoms with van der Waals surface area (Å²) in [6.07, 6.45) is 0.673. The van der Waals surface area contributed by atoms with Gasteiger partial charge in [0.05, 0.1) is 10.8 Å². The molecule has 0 aliphatic carbocycles. The van der Waals surface area contributed by atoms with Crippen molar-refractivity contribution in [1.29, 1.82) is 0 Å². The molecular weight excluding hydrogens is 334 g/mol. The lowest BCUT2D eigenvalue weighted by molar-refractivity contribution is -0.115. The summed E-state index contributed by atoms with van der Waals surface area (Å²) in [7, 11) is 0. The Hall–Kier alpha value is -1.98. The van der Waals surface area contributed by atoms with Crippen molar-refractivity contribution in [1.82, 2.24) is 0 Å². The highest BCUT2D eigenvalue weighted by atomic mass is 35.5. The fourth-order valence-corrected chi connectivity index (χ4v) is 3.00. The van der Waals surface area contributed by atoms with E-state index in [9.17, 15) is 9.59 Å². The van der Waals surface area contributed by atoms with Crippen LogP contribution in [0.15, 0.2) is 53.4 Å². The van der Waals surface area contributed by atoms with E-state index in [1.54, 1.807) is 24.3 Å². The van der Waals surface area contributed by atoms with Crippen LogP contribution in [0.25, 0.3) is 0 Å². The van der Waals surface area contributed by atoms with E-state index in [0.717, 1.165) is 4.90 Å². The molecule has 1 amide bonds. The molecule has 4 nitrogen and oxygen atoms in total. The van der Waals surface area contributed by atoms with Gasteiger partial charge in [0.15, 0.2) is 0 Å². The summed E-state index contributed by atoms with van der Waals surface area (Å²) in [5.74, 6) is -1.11. The number of carbonyl (C=O) groups excluding carboxylic acids is 1. The van der Waals surface area contributed by atoms with Crippen LogP contribution in [0.3, 0.4) is 0 Å². The average molecular weight is 350 g/mol. The third kappa shape index (κ3) is 5.01. The first-order chi connectivity index (χ1) is 11.0. The van der Waals surface area contributed by atoms with Crippen LogP contribution >= 0.6 is 23.4 Å². The molecule has 0 fully saturated rings. The predicted molar refractivity (Wildman–Crippen MR) is 93.4 cm³/mol. The molecule has 0 aliphatic heterocycles. The number of aromatic carboxylic acids is 1. The second kappa shape index (κ2) is 8.04. The number of amides is 1. The Morgan fingerprint density at radius 2 is 1.74 bits per heavy atom. The molecule has 0 spiro atoms. The van der Waals surface area contributed by atoms with Crippen molar-refractivity contribution in [3.8, 4) is 0 Å². The fourth-order valence-electron chi connectivity index (χ4n) is 1.92. The standard InChI is InChI=1S/C17H16ClNO3S/c1-2-15(23-14-9-5-12(18)6-10-14)16(20)19-13-7-3-11(4-8-13)17(21)22/h3-10,15H,2H2,1H3,(H,19,20)(H,21,22)/t15-/m1/s1. The monoisotopic (exact) mass is 349 g/mol. The molecule has 1 atom stereocenters. The SMILES string of the molecule is CC[C@@H](Sc1ccc(Cl)cc1)C(=O)Nc1ccc(C(=O)O)cc1. The zero-order valence-electron chi connectivity index (χ0n) is 12.5. The van der Waals surface area contributed by atoms with E-state index in [4.69, 9.17) is 16.7 Å². The molecular formula is C17H16ClNO3S. The highest BCUT2D eigenvalue weighted by Crippen LogP contribution is 2.27. The molecule has 0 aliphatic rings. The molecule has 0 saturated heterocycles. The Morgan fingerprint density at radius 3 is 2.26 bits per heavy atom. The number of hydrogen-bond acceptors (Lipinski definition) is 3. The Balaban J connectivity index is 2.01. The molecule has 0 aromatic heterocycles. The van der Waals surface area contributed by atoms with E-state index < -0.39 is 5.97 Å². The van der Waals surface area contributed by atoms with Gasteiger partial charge in [-0.3, -0.25) is 4.79 Å². The number of rotatable bonds is 6. The van der Waals surface area contributed by atoms with Gasteiger partial charge in [0, 0.05) is 15.6 Å². The first-order valence-corrected chi connectivity index (χ1v) is 8.32. The van der Waals surface area contributed by atoms with Crippen LogP contribution in [0, 0.1) is 0 Å². The van der Waals surface area contributed by atoms with Gasteiger partial charge in [0.2, 0.25) is 5.91 Å². The highest BCUT2D eigenvalue weighted by Gasteiger charge is 2.18. The zero-order valence-corrected chi connectivity index (χ0v) is 14.0. The maximum Gasteiger partial charge on any atom is 0.335 e. The van der Waals surface area contributed by atoms with Gasteiger partial charge in [0.1, 0.15) is 0 Å². The fraction of sp³-hybridized carbons (Fsp3) is 0.176. The maximum absolute atomic E-state index is 12.4. The number of nitrogens with one attached hydrogen (secondary N) is 1. The van der Waals surface area contributed by atoms with Gasteiger partial charge in [-0.2, -0.15) is 0 Å². The number of carboxylic acid groups (broad SMARTS) is 1. The first-order valence-electron chi connectivity index (χ1n) is 7.06. The summed E-state index contributed by atoms with van der Waals surface area (Å²) in [6, 6.07) is 13.4. The number of anilines is 1. The molecule has 120 valence electrons. The molecule has 6 heteroatoms. The van der Waals surface area contributed by atoms with E-state index in [-0.39, 0.29) is 16.7 Å². The molecule has 0 saturated carbocycles. The summed E-state index contributed by atoms with van der Waals surface area (Å²) in [4.78, 5) is 24.1. The van der Waals surface area contributed by atoms with E-state index in [0.29, 0.717) is 17.1 Å². The van der Waals surface area contributed by atoms with Crippen LogP contribution in [0.5, 0.6) is 0 Å². The number of benzene rings is 2. The minimum Gasteiger partial charge on any atom is -0.478 e. The Bertz CT molecular complexity index is 686. The first kappa shape index (κ1) is 17.4. The van der Waals surface area contributed by atoms with Gasteiger partial charge in [-0.1, -0.05) is 18.5 Å². The molecule has 23 heavy (non-hydrogen) atoms. The van der Waals surface area contributed by atoms with Gasteiger partial charge in [-0.15, -0.1) is 11.8 Å². The summed E-state index contributed by atoms with van der Waals surface area (Å²) < 4.78 is 0. The summed E-state index contributed by atoms with van der Waals surface area (Å²) >= 11 is 7.32. The van der Waals surface area contributed by atoms with Crippen molar-refractivity contribution in [3.05, 3.63) is 59.1 Å². The van der Waals surface area contributed by atoms with E-state index in [1.165, 1.54) is 23.9 Å². The van der Waals surface area contributed by atoms with Gasteiger partial charge < -0.3 is 10.4 Å². The Kier molecular flexibility index (Phi) is 6.07. The lowest BCUT2D eigenvalue weighted by Crippen LogP contribution is -2.24. The number of carbonyl (C=O) groups is 2. The molecule has 0 unspecified atom stereocenters. The molecule has 0 bridgehead atoms. The normalized spacial score (nSPS) is 11.7. The number of carboxylic acids is 1. The van der Waals surface area contributed by atoms with Crippen LogP contribution in [-0.4, -0.2) is 22.2 Å². The van der Waals surface area contributed by atoms with Crippen molar-refractivity contribution in [3.63, 3.8) is 0 Å². The summed E-state index contributed by atoms with van der Waals surface area (Å²) in [5.41, 5.74) is 0.765. The minimum atomic E-state index is -0.993. The minimum absolute atomic E-state index is 0.115. The van der Waals surface area contributed by atoms with Crippen molar-refractivity contribution >= 4 is 40.9 Å². The lowest BCUT2D eigenvalue weighted by Gasteiger charge is -2.15. The second-order valence-electron chi connectivity index (χ2n) is 4.84. The van der Waals surface area contributed by atoms with Crippen molar-refractivity contribution in [2.45, 2.75) is 23.5 Å². The summed E-state index contributed by atoms with van der Waals surface area (Å²) in [5, 5.41) is 12.1. The quantitative estimate of drug-likeness (QED) is 0.751. The van der Waals surface area contributed by atoms with Gasteiger partial charge in [0.25, 0.3) is 0 Å². The van der Waals surface area contributed by atoms with Crippen molar-refractivity contribution in [2.24, 2.45) is 0 Å². The van der Waals surface area contributed by atoms with Crippen molar-refractivity contribution < 1.29 is 14.7 Å². The van der Waals surface area contributed by atoms with Gasteiger partial charge in [-0.05, 0) is 55.0 Å². The number of halogens is 1. The summed E-state index contributed by atoms with van der Waals surface area (Å²) in [6.45, 7) is 1.95. The topological polar surface area (TPSA) is 66.4 Å². The zero-order chi connectivity index (χ0) is 16.8. The Morgan fingerprint density at radius 1 is 1.13 bits per heavy atom. The third-order valence-electron chi connectivity index (χ3n) is 3.15. The van der Waals surface area contributed by atoms with Crippen LogP contribution in [0.4, 0.5) is 5.69 Å². The van der Waals surface area contributed by atoms with Crippen molar-refractivity contribution in [2.75, 3.05) is 5.32 Å². The molecule has 2 N–H and O–H groups in total. The largest absolute Gasteiger partial charge is 0.478 e. The lowest BCUT2D eigenvalue weighted by atomic mass is 10.2.